The lowest BCUT2D eigenvalue weighted by molar-refractivity contribution is -0.140. The summed E-state index contributed by atoms with van der Waals surface area (Å²) in [6.45, 7) is 2.26. The molecule has 0 atom stereocenters. The van der Waals surface area contributed by atoms with Crippen LogP contribution in [0.1, 0.15) is 71.1 Å². The highest BCUT2D eigenvalue weighted by molar-refractivity contribution is 5.75. The van der Waals surface area contributed by atoms with Crippen LogP contribution in [0, 0.1) is 35.6 Å². The Morgan fingerprint density at radius 2 is 1.65 bits per heavy atom. The molecule has 1 aromatic rings. The summed E-state index contributed by atoms with van der Waals surface area (Å²) in [4.78, 5) is 15.3. The van der Waals surface area contributed by atoms with Crippen molar-refractivity contribution < 1.29 is 18.3 Å². The van der Waals surface area contributed by atoms with E-state index < -0.39 is 17.9 Å². The predicted molar refractivity (Wildman–Crippen MR) is 95.6 cm³/mol. The molecule has 144 valence electrons. The van der Waals surface area contributed by atoms with Gasteiger partial charge in [0.1, 0.15) is 0 Å². The first-order valence-corrected chi connectivity index (χ1v) is 10.1. The van der Waals surface area contributed by atoms with Crippen molar-refractivity contribution in [3.63, 3.8) is 0 Å². The van der Waals surface area contributed by atoms with Crippen LogP contribution in [0.15, 0.2) is 12.1 Å². The van der Waals surface area contributed by atoms with Gasteiger partial charge in [0.15, 0.2) is 5.75 Å². The van der Waals surface area contributed by atoms with Crippen molar-refractivity contribution in [3.8, 4) is 5.75 Å². The Bertz CT molecular complexity index is 606. The number of hydrogen-bond donors (Lipinski definition) is 0. The smallest absolute Gasteiger partial charge is 0.314 e. The number of halogens is 2. The summed E-state index contributed by atoms with van der Waals surface area (Å²) in [5.41, 5.74) is 0. The van der Waals surface area contributed by atoms with Crippen LogP contribution in [0.3, 0.4) is 0 Å². The molecule has 0 aromatic carbocycles. The zero-order valence-corrected chi connectivity index (χ0v) is 15.6. The fourth-order valence-electron chi connectivity index (χ4n) is 4.85. The minimum Gasteiger partial charge on any atom is -0.421 e. The van der Waals surface area contributed by atoms with E-state index in [4.69, 9.17) is 4.74 Å². The molecular weight excluding hydrogens is 336 g/mol. The summed E-state index contributed by atoms with van der Waals surface area (Å²) >= 11 is 0. The average Bonchev–Trinajstić information content (AvgIpc) is 2.65. The zero-order valence-electron chi connectivity index (χ0n) is 15.6. The standard InChI is InChI=1S/C21H29F2NO2/c1-2-3-14-4-6-15(7-5-14)16-8-10-17(11-9-16)21(25)26-18-12-13-19(22)24-20(18)23/h12-17H,2-11H2,1H3. The van der Waals surface area contributed by atoms with Gasteiger partial charge in [-0.25, -0.2) is 0 Å². The van der Waals surface area contributed by atoms with E-state index in [-0.39, 0.29) is 11.7 Å². The minimum atomic E-state index is -1.07. The Morgan fingerprint density at radius 3 is 2.23 bits per heavy atom. The molecule has 0 saturated heterocycles. The number of pyridine rings is 1. The van der Waals surface area contributed by atoms with Gasteiger partial charge in [0.25, 0.3) is 5.95 Å². The van der Waals surface area contributed by atoms with Gasteiger partial charge in [-0.15, -0.1) is 0 Å². The first kappa shape index (κ1) is 19.2. The van der Waals surface area contributed by atoms with Crippen LogP contribution in [-0.4, -0.2) is 11.0 Å². The highest BCUT2D eigenvalue weighted by atomic mass is 19.1. The van der Waals surface area contributed by atoms with Gasteiger partial charge in [0, 0.05) is 0 Å². The highest BCUT2D eigenvalue weighted by Crippen LogP contribution is 2.42. The maximum Gasteiger partial charge on any atom is 0.314 e. The number of hydrogen-bond acceptors (Lipinski definition) is 3. The van der Waals surface area contributed by atoms with E-state index in [2.05, 4.69) is 11.9 Å². The number of aromatic nitrogens is 1. The third-order valence-corrected chi connectivity index (χ3v) is 6.35. The highest BCUT2D eigenvalue weighted by Gasteiger charge is 2.33. The first-order chi connectivity index (χ1) is 12.6. The fourth-order valence-corrected chi connectivity index (χ4v) is 4.85. The van der Waals surface area contributed by atoms with Gasteiger partial charge < -0.3 is 4.74 Å². The Balaban J connectivity index is 1.45. The summed E-state index contributed by atoms with van der Waals surface area (Å²) in [5.74, 6) is -0.443. The lowest BCUT2D eigenvalue weighted by Crippen LogP contribution is -2.30. The van der Waals surface area contributed by atoms with Crippen molar-refractivity contribution in [1.29, 1.82) is 0 Å². The number of nitrogens with zero attached hydrogens (tertiary/aromatic N) is 1. The quantitative estimate of drug-likeness (QED) is 0.498. The number of carbonyl (C=O) groups is 1. The molecule has 1 heterocycles. The minimum absolute atomic E-state index is 0.188. The summed E-state index contributed by atoms with van der Waals surface area (Å²) in [5, 5.41) is 0. The molecule has 26 heavy (non-hydrogen) atoms. The number of esters is 1. The molecule has 3 nitrogen and oxygen atoms in total. The fraction of sp³-hybridized carbons (Fsp3) is 0.714. The molecule has 0 N–H and O–H groups in total. The third kappa shape index (κ3) is 4.80. The molecule has 1 aromatic heterocycles. The van der Waals surface area contributed by atoms with Gasteiger partial charge >= 0.3 is 5.97 Å². The monoisotopic (exact) mass is 365 g/mol. The molecule has 3 rings (SSSR count). The summed E-state index contributed by atoms with van der Waals surface area (Å²) in [6.07, 6.45) is 11.7. The second-order valence-electron chi connectivity index (χ2n) is 8.03. The van der Waals surface area contributed by atoms with E-state index in [0.29, 0.717) is 5.92 Å². The summed E-state index contributed by atoms with van der Waals surface area (Å²) in [7, 11) is 0. The van der Waals surface area contributed by atoms with Crippen LogP contribution in [0.4, 0.5) is 8.78 Å². The van der Waals surface area contributed by atoms with Gasteiger partial charge in [0.2, 0.25) is 5.95 Å². The molecule has 2 saturated carbocycles. The van der Waals surface area contributed by atoms with E-state index in [9.17, 15) is 13.6 Å². The van der Waals surface area contributed by atoms with E-state index in [1.54, 1.807) is 0 Å². The Morgan fingerprint density at radius 1 is 1.04 bits per heavy atom. The van der Waals surface area contributed by atoms with Crippen molar-refractivity contribution in [3.05, 3.63) is 24.0 Å². The van der Waals surface area contributed by atoms with Crippen molar-refractivity contribution in [2.75, 3.05) is 0 Å². The Labute approximate surface area is 154 Å². The zero-order chi connectivity index (χ0) is 18.5. The number of ether oxygens (including phenoxy) is 1. The van der Waals surface area contributed by atoms with E-state index in [0.717, 1.165) is 49.7 Å². The molecule has 2 aliphatic carbocycles. The third-order valence-electron chi connectivity index (χ3n) is 6.35. The van der Waals surface area contributed by atoms with Crippen LogP contribution in [0.25, 0.3) is 0 Å². The van der Waals surface area contributed by atoms with E-state index in [1.165, 1.54) is 38.5 Å². The first-order valence-electron chi connectivity index (χ1n) is 10.1. The maximum absolute atomic E-state index is 13.5. The molecule has 0 spiro atoms. The van der Waals surface area contributed by atoms with E-state index >= 15 is 0 Å². The maximum atomic E-state index is 13.5. The largest absolute Gasteiger partial charge is 0.421 e. The van der Waals surface area contributed by atoms with Crippen LogP contribution in [-0.2, 0) is 4.79 Å². The Kier molecular flexibility index (Phi) is 6.60. The van der Waals surface area contributed by atoms with Crippen LogP contribution in [0.2, 0.25) is 0 Å². The molecule has 0 amide bonds. The number of rotatable bonds is 5. The molecule has 0 bridgehead atoms. The number of carbonyl (C=O) groups excluding carboxylic acids is 1. The van der Waals surface area contributed by atoms with E-state index in [1.807, 2.05) is 0 Å². The van der Waals surface area contributed by atoms with Gasteiger partial charge in [0.05, 0.1) is 5.92 Å². The van der Waals surface area contributed by atoms with Crippen molar-refractivity contribution in [2.45, 2.75) is 71.1 Å². The van der Waals surface area contributed by atoms with Crippen molar-refractivity contribution in [2.24, 2.45) is 23.7 Å². The van der Waals surface area contributed by atoms with Crippen LogP contribution in [0.5, 0.6) is 5.75 Å². The molecular formula is C21H29F2NO2. The van der Waals surface area contributed by atoms with Crippen LogP contribution >= 0.6 is 0 Å². The molecule has 0 radical (unpaired) electrons. The predicted octanol–water partition coefficient (Wildman–Crippen LogP) is 5.68. The van der Waals surface area contributed by atoms with Crippen LogP contribution < -0.4 is 4.74 Å². The van der Waals surface area contributed by atoms with Crippen molar-refractivity contribution in [1.82, 2.24) is 4.98 Å². The van der Waals surface area contributed by atoms with Gasteiger partial charge in [-0.3, -0.25) is 4.79 Å². The SMILES string of the molecule is CCCC1CCC(C2CCC(C(=O)Oc3ccc(F)nc3F)CC2)CC1. The molecule has 5 heteroatoms. The second kappa shape index (κ2) is 8.92. The molecule has 0 unspecified atom stereocenters. The van der Waals surface area contributed by atoms with Gasteiger partial charge in [-0.05, 0) is 68.4 Å². The van der Waals surface area contributed by atoms with Gasteiger partial charge in [-0.1, -0.05) is 32.6 Å². The summed E-state index contributed by atoms with van der Waals surface area (Å²) in [6, 6.07) is 2.12. The molecule has 2 aliphatic rings. The molecule has 0 aliphatic heterocycles. The van der Waals surface area contributed by atoms with Crippen molar-refractivity contribution >= 4 is 5.97 Å². The normalized spacial score (nSPS) is 29.3. The average molecular weight is 365 g/mol. The molecule has 2 fully saturated rings. The Hall–Kier alpha value is -1.52. The second-order valence-corrected chi connectivity index (χ2v) is 8.03. The lowest BCUT2D eigenvalue weighted by Gasteiger charge is -2.37. The summed E-state index contributed by atoms with van der Waals surface area (Å²) < 4.78 is 31.5. The van der Waals surface area contributed by atoms with Gasteiger partial charge in [-0.2, -0.15) is 13.8 Å². The lowest BCUT2D eigenvalue weighted by atomic mass is 9.69. The topological polar surface area (TPSA) is 39.2 Å².